The smallest absolute Gasteiger partial charge is 0.407 e. The highest BCUT2D eigenvalue weighted by atomic mass is 16.5. The van der Waals surface area contributed by atoms with Gasteiger partial charge in [0.2, 0.25) is 11.8 Å². The van der Waals surface area contributed by atoms with Crippen LogP contribution in [0.15, 0.2) is 48.7 Å². The fourth-order valence-electron chi connectivity index (χ4n) is 11.0. The number of methoxy groups -OCH3 is 2. The first-order valence-corrected chi connectivity index (χ1v) is 23.5. The van der Waals surface area contributed by atoms with E-state index in [1.54, 1.807) is 0 Å². The Labute approximate surface area is 384 Å². The fourth-order valence-corrected chi connectivity index (χ4v) is 11.0. The Morgan fingerprint density at radius 1 is 0.818 bits per heavy atom. The van der Waals surface area contributed by atoms with Crippen LogP contribution < -0.4 is 15.4 Å². The second-order valence-corrected chi connectivity index (χ2v) is 19.0. The molecule has 4 N–H and O–H groups in total. The Balaban J connectivity index is 0.964. The third-order valence-electron chi connectivity index (χ3n) is 14.6. The topological polar surface area (TPSA) is 193 Å². The number of aromatic nitrogens is 4. The van der Waals surface area contributed by atoms with Gasteiger partial charge in [0.1, 0.15) is 36.1 Å². The maximum absolute atomic E-state index is 14.6. The van der Waals surface area contributed by atoms with Gasteiger partial charge in [-0.1, -0.05) is 38.5 Å². The first kappa shape index (κ1) is 45.0. The summed E-state index contributed by atoms with van der Waals surface area (Å²) >= 11 is 0. The van der Waals surface area contributed by atoms with Gasteiger partial charge in [0.05, 0.1) is 61.4 Å². The highest BCUT2D eigenvalue weighted by Gasteiger charge is 2.45. The molecule has 0 bridgehead atoms. The molecule has 9 atom stereocenters. The SMILES string of the molecule is CC[C@H](C)[C@H](NC(=O)OC)C(=O)N1[C@@H](C)CC[C@H]1c1ncc(-c2ccc3c(c2)COc2cc4c(ccc5nc([C@@H]6CC[C@H](C)N6C(=O)[C@@H](NC(=O)OC)C6C[C@@H](C)O[C@H](C)C6)[nH]c54)cc2-3)[nH]1. The number of hydrogen-bond donors (Lipinski definition) is 4. The number of fused-ring (bicyclic) bond motifs is 6. The Hall–Kier alpha value is -6.16. The van der Waals surface area contributed by atoms with Crippen LogP contribution in [0.3, 0.4) is 0 Å². The minimum atomic E-state index is -0.755. The zero-order chi connectivity index (χ0) is 46.6. The normalized spacial score (nSPS) is 25.1. The van der Waals surface area contributed by atoms with Crippen molar-refractivity contribution in [2.24, 2.45) is 11.8 Å². The van der Waals surface area contributed by atoms with Crippen molar-refractivity contribution in [3.63, 3.8) is 0 Å². The first-order chi connectivity index (χ1) is 31.8. The van der Waals surface area contributed by atoms with Crippen molar-refractivity contribution in [2.75, 3.05) is 14.2 Å². The lowest BCUT2D eigenvalue weighted by Gasteiger charge is -2.39. The molecule has 350 valence electrons. The largest absolute Gasteiger partial charge is 0.488 e. The monoisotopic (exact) mass is 902 g/mol. The highest BCUT2D eigenvalue weighted by Crippen LogP contribution is 2.44. The molecule has 0 radical (unpaired) electrons. The highest BCUT2D eigenvalue weighted by molar-refractivity contribution is 6.07. The van der Waals surface area contributed by atoms with Gasteiger partial charge in [0, 0.05) is 23.0 Å². The van der Waals surface area contributed by atoms with Crippen LogP contribution in [0.5, 0.6) is 5.75 Å². The van der Waals surface area contributed by atoms with Crippen molar-refractivity contribution >= 4 is 45.8 Å². The summed E-state index contributed by atoms with van der Waals surface area (Å²) in [6, 6.07) is 12.6. The van der Waals surface area contributed by atoms with Gasteiger partial charge in [0.25, 0.3) is 0 Å². The van der Waals surface area contributed by atoms with Crippen LogP contribution in [0.2, 0.25) is 0 Å². The van der Waals surface area contributed by atoms with E-state index in [2.05, 4.69) is 63.9 Å². The molecule has 4 aliphatic rings. The number of hydrogen-bond acceptors (Lipinski definition) is 10. The van der Waals surface area contributed by atoms with E-state index in [0.29, 0.717) is 31.1 Å². The third-order valence-corrected chi connectivity index (χ3v) is 14.6. The lowest BCUT2D eigenvalue weighted by molar-refractivity contribution is -0.140. The van der Waals surface area contributed by atoms with Gasteiger partial charge >= 0.3 is 12.2 Å². The molecular weight excluding hydrogens is 841 g/mol. The molecule has 6 heterocycles. The van der Waals surface area contributed by atoms with Crippen LogP contribution in [-0.2, 0) is 30.4 Å². The molecule has 66 heavy (non-hydrogen) atoms. The zero-order valence-corrected chi connectivity index (χ0v) is 39.1. The maximum Gasteiger partial charge on any atom is 0.407 e. The van der Waals surface area contributed by atoms with Crippen molar-refractivity contribution in [3.8, 4) is 28.1 Å². The number of nitrogens with one attached hydrogen (secondary N) is 4. The molecule has 4 amide bonds. The van der Waals surface area contributed by atoms with Crippen LogP contribution >= 0.6 is 0 Å². The molecule has 0 saturated carbocycles. The number of H-pyrrole nitrogens is 2. The van der Waals surface area contributed by atoms with E-state index in [-0.39, 0.29) is 60.0 Å². The van der Waals surface area contributed by atoms with Gasteiger partial charge in [-0.15, -0.1) is 0 Å². The number of alkyl carbamates (subject to hydrolysis) is 2. The van der Waals surface area contributed by atoms with Gasteiger partial charge < -0.3 is 49.3 Å². The average molecular weight is 903 g/mol. The number of benzene rings is 3. The number of nitrogens with zero attached hydrogens (tertiary/aromatic N) is 4. The molecule has 0 unspecified atom stereocenters. The van der Waals surface area contributed by atoms with Crippen molar-refractivity contribution in [1.29, 1.82) is 0 Å². The van der Waals surface area contributed by atoms with Crippen LogP contribution in [0.25, 0.3) is 44.2 Å². The lowest BCUT2D eigenvalue weighted by atomic mass is 9.85. The molecule has 0 aliphatic carbocycles. The van der Waals surface area contributed by atoms with Crippen LogP contribution in [0.4, 0.5) is 9.59 Å². The average Bonchev–Trinajstić information content (AvgIpc) is 4.14. The number of ether oxygens (including phenoxy) is 4. The summed E-state index contributed by atoms with van der Waals surface area (Å²) in [5.41, 5.74) is 6.59. The number of carbonyl (C=O) groups is 4. The molecule has 5 aromatic rings. The number of imidazole rings is 2. The summed E-state index contributed by atoms with van der Waals surface area (Å²) < 4.78 is 22.3. The molecule has 0 spiro atoms. The van der Waals surface area contributed by atoms with E-state index >= 15 is 0 Å². The fraction of sp³-hybridized carbons (Fsp3) is 0.520. The molecule has 3 saturated heterocycles. The molecule has 9 rings (SSSR count). The molecule has 3 aromatic carbocycles. The van der Waals surface area contributed by atoms with Crippen LogP contribution in [0.1, 0.15) is 116 Å². The number of rotatable bonds is 10. The second kappa shape index (κ2) is 18.3. The van der Waals surface area contributed by atoms with Crippen LogP contribution in [-0.4, -0.2) is 104 Å². The Bertz CT molecular complexity index is 2650. The van der Waals surface area contributed by atoms with Crippen molar-refractivity contribution < 1.29 is 38.1 Å². The first-order valence-electron chi connectivity index (χ1n) is 23.5. The Morgan fingerprint density at radius 3 is 2.20 bits per heavy atom. The zero-order valence-electron chi connectivity index (χ0n) is 39.1. The molecule has 16 heteroatoms. The van der Waals surface area contributed by atoms with Gasteiger partial charge in [-0.3, -0.25) is 9.59 Å². The van der Waals surface area contributed by atoms with E-state index in [9.17, 15) is 19.2 Å². The third kappa shape index (κ3) is 8.32. The van der Waals surface area contributed by atoms with Crippen molar-refractivity contribution in [2.45, 2.75) is 142 Å². The van der Waals surface area contributed by atoms with Gasteiger partial charge in [-0.05, 0) is 124 Å². The molecule has 4 aliphatic heterocycles. The molecule has 2 aromatic heterocycles. The van der Waals surface area contributed by atoms with Crippen LogP contribution in [0, 0.1) is 11.8 Å². The van der Waals surface area contributed by atoms with Gasteiger partial charge in [-0.2, -0.15) is 0 Å². The number of amides is 4. The summed E-state index contributed by atoms with van der Waals surface area (Å²) in [7, 11) is 2.62. The molecular formula is C50H62N8O8. The van der Waals surface area contributed by atoms with E-state index in [1.165, 1.54) is 14.2 Å². The minimum absolute atomic E-state index is 0.0190. The predicted octanol–water partition coefficient (Wildman–Crippen LogP) is 8.47. The number of carbonyl (C=O) groups excluding carboxylic acids is 4. The number of likely N-dealkylation sites (tertiary alicyclic amines) is 2. The quantitative estimate of drug-likeness (QED) is 0.106. The van der Waals surface area contributed by atoms with E-state index in [0.717, 1.165) is 87.6 Å². The van der Waals surface area contributed by atoms with Crippen molar-refractivity contribution in [1.82, 2.24) is 40.4 Å². The molecule has 3 fully saturated rings. The maximum atomic E-state index is 14.6. The summed E-state index contributed by atoms with van der Waals surface area (Å²) in [6.07, 6.45) is 5.65. The summed E-state index contributed by atoms with van der Waals surface area (Å²) in [5, 5.41) is 7.67. The minimum Gasteiger partial charge on any atom is -0.488 e. The lowest BCUT2D eigenvalue weighted by Crippen LogP contribution is -2.55. The predicted molar refractivity (Wildman–Crippen MR) is 248 cm³/mol. The number of aromatic amines is 2. The van der Waals surface area contributed by atoms with Gasteiger partial charge in [-0.25, -0.2) is 19.6 Å². The Morgan fingerprint density at radius 2 is 1.50 bits per heavy atom. The van der Waals surface area contributed by atoms with Crippen molar-refractivity contribution in [3.05, 3.63) is 65.9 Å². The second-order valence-electron chi connectivity index (χ2n) is 19.0. The van der Waals surface area contributed by atoms with E-state index in [4.69, 9.17) is 28.9 Å². The van der Waals surface area contributed by atoms with E-state index in [1.807, 2.05) is 56.7 Å². The summed E-state index contributed by atoms with van der Waals surface area (Å²) in [4.78, 5) is 74.3. The van der Waals surface area contributed by atoms with E-state index < -0.39 is 24.3 Å². The van der Waals surface area contributed by atoms with Gasteiger partial charge in [0.15, 0.2) is 0 Å². The summed E-state index contributed by atoms with van der Waals surface area (Å²) in [5.74, 6) is 1.75. The molecule has 16 nitrogen and oxygen atoms in total. The standard InChI is InChI=1S/C50H62N8O8/c1-9-25(2)42(55-49(61)63-7)47(59)57-26(3)10-16-39(57)45-51-23-38(53-45)31-12-14-34-33(20-31)24-65-41-22-35-30(21-36(34)41)13-15-37-44(35)54-46(52-37)40-17-11-27(4)58(40)48(60)43(56-50(62)64-8)32-18-28(5)66-29(6)19-32/h12-15,20-23,25-29,32,39-40,42-43H,9-11,16-19,24H2,1-8H3,(H,51,53)(H,52,54)(H,55,61)(H,56,62)/t25-,26-,27-,28+,29+,39-,40-,42-,43-/m0/s1. The Kier molecular flexibility index (Phi) is 12.5. The summed E-state index contributed by atoms with van der Waals surface area (Å²) in [6.45, 7) is 12.5.